The SMILES string of the molecule is CCc1ccccc1NC(=O)COC(=O)CCCCCNS(=O)(=O)c1ccc2c(c1)OCCO2. The van der Waals surface area contributed by atoms with Crippen LogP contribution in [0.2, 0.25) is 0 Å². The zero-order valence-corrected chi connectivity index (χ0v) is 20.0. The van der Waals surface area contributed by atoms with E-state index in [0.29, 0.717) is 49.7 Å². The Morgan fingerprint density at radius 1 is 1.00 bits per heavy atom. The second-order valence-electron chi connectivity index (χ2n) is 7.73. The molecule has 0 aromatic heterocycles. The van der Waals surface area contributed by atoms with Gasteiger partial charge in [-0.2, -0.15) is 0 Å². The molecule has 10 heteroatoms. The summed E-state index contributed by atoms with van der Waals surface area (Å²) in [5.41, 5.74) is 1.72. The summed E-state index contributed by atoms with van der Waals surface area (Å²) in [6.07, 6.45) is 2.67. The van der Waals surface area contributed by atoms with Gasteiger partial charge in [0.15, 0.2) is 18.1 Å². The summed E-state index contributed by atoms with van der Waals surface area (Å²) < 4.78 is 43.3. The molecule has 0 spiro atoms. The van der Waals surface area contributed by atoms with Crippen molar-refractivity contribution in [2.24, 2.45) is 0 Å². The number of sulfonamides is 1. The zero-order chi connectivity index (χ0) is 24.4. The maximum Gasteiger partial charge on any atom is 0.306 e. The monoisotopic (exact) mass is 490 g/mol. The summed E-state index contributed by atoms with van der Waals surface area (Å²) in [4.78, 5) is 24.0. The number of carbonyl (C=O) groups excluding carboxylic acids is 2. The number of para-hydroxylation sites is 1. The Labute approximate surface area is 199 Å². The highest BCUT2D eigenvalue weighted by Crippen LogP contribution is 2.32. The van der Waals surface area contributed by atoms with Gasteiger partial charge in [0.2, 0.25) is 10.0 Å². The number of anilines is 1. The van der Waals surface area contributed by atoms with Crippen LogP contribution in [0.3, 0.4) is 0 Å². The van der Waals surface area contributed by atoms with Gasteiger partial charge in [-0.15, -0.1) is 0 Å². The van der Waals surface area contributed by atoms with Gasteiger partial charge in [0.25, 0.3) is 5.91 Å². The van der Waals surface area contributed by atoms with Crippen molar-refractivity contribution >= 4 is 27.6 Å². The average Bonchev–Trinajstić information content (AvgIpc) is 2.84. The third kappa shape index (κ3) is 7.46. The lowest BCUT2D eigenvalue weighted by Gasteiger charge is -2.18. The van der Waals surface area contributed by atoms with Gasteiger partial charge in [-0.05, 0) is 43.0 Å². The number of nitrogens with one attached hydrogen (secondary N) is 2. The molecule has 2 aromatic carbocycles. The summed E-state index contributed by atoms with van der Waals surface area (Å²) >= 11 is 0. The van der Waals surface area contributed by atoms with E-state index in [2.05, 4.69) is 10.0 Å². The third-order valence-corrected chi connectivity index (χ3v) is 6.67. The molecule has 2 aromatic rings. The second kappa shape index (κ2) is 12.4. The van der Waals surface area contributed by atoms with Gasteiger partial charge in [0.05, 0.1) is 4.90 Å². The first-order valence-corrected chi connectivity index (χ1v) is 12.8. The Morgan fingerprint density at radius 2 is 1.76 bits per heavy atom. The highest BCUT2D eigenvalue weighted by Gasteiger charge is 2.19. The van der Waals surface area contributed by atoms with Crippen molar-refractivity contribution in [3.05, 3.63) is 48.0 Å². The van der Waals surface area contributed by atoms with Crippen molar-refractivity contribution in [1.29, 1.82) is 0 Å². The molecular formula is C24H30N2O7S. The van der Waals surface area contributed by atoms with Crippen molar-refractivity contribution < 1.29 is 32.2 Å². The van der Waals surface area contributed by atoms with Gasteiger partial charge < -0.3 is 19.5 Å². The highest BCUT2D eigenvalue weighted by molar-refractivity contribution is 7.89. The summed E-state index contributed by atoms with van der Waals surface area (Å²) in [6, 6.07) is 12.0. The van der Waals surface area contributed by atoms with E-state index in [4.69, 9.17) is 14.2 Å². The van der Waals surface area contributed by atoms with Crippen molar-refractivity contribution in [2.45, 2.75) is 43.9 Å². The Morgan fingerprint density at radius 3 is 2.56 bits per heavy atom. The molecule has 184 valence electrons. The van der Waals surface area contributed by atoms with E-state index in [-0.39, 0.29) is 30.4 Å². The molecule has 2 N–H and O–H groups in total. The number of hydrogen-bond acceptors (Lipinski definition) is 7. The van der Waals surface area contributed by atoms with E-state index in [0.717, 1.165) is 12.0 Å². The van der Waals surface area contributed by atoms with Crippen LogP contribution in [0.15, 0.2) is 47.4 Å². The number of amides is 1. The molecule has 1 amide bonds. The van der Waals surface area contributed by atoms with E-state index in [1.165, 1.54) is 12.1 Å². The van der Waals surface area contributed by atoms with Crippen LogP contribution < -0.4 is 19.5 Å². The molecular weight excluding hydrogens is 460 g/mol. The van der Waals surface area contributed by atoms with E-state index < -0.39 is 16.0 Å². The predicted octanol–water partition coefficient (Wildman–Crippen LogP) is 3.04. The van der Waals surface area contributed by atoms with Gasteiger partial charge in [-0.1, -0.05) is 31.5 Å². The number of benzene rings is 2. The minimum absolute atomic E-state index is 0.111. The normalized spacial score (nSPS) is 12.7. The summed E-state index contributed by atoms with van der Waals surface area (Å²) in [5.74, 6) is 0.0924. The topological polar surface area (TPSA) is 120 Å². The van der Waals surface area contributed by atoms with Crippen molar-refractivity contribution in [3.63, 3.8) is 0 Å². The first-order chi connectivity index (χ1) is 16.4. The summed E-state index contributed by atoms with van der Waals surface area (Å²) in [7, 11) is -3.67. The molecule has 0 radical (unpaired) electrons. The number of ether oxygens (including phenoxy) is 3. The molecule has 3 rings (SSSR count). The van der Waals surface area contributed by atoms with Crippen LogP contribution in [0, 0.1) is 0 Å². The highest BCUT2D eigenvalue weighted by atomic mass is 32.2. The number of hydrogen-bond donors (Lipinski definition) is 2. The quantitative estimate of drug-likeness (QED) is 0.347. The Hall–Kier alpha value is -3.11. The van der Waals surface area contributed by atoms with Crippen molar-refractivity contribution in [3.8, 4) is 11.5 Å². The minimum atomic E-state index is -3.67. The molecule has 0 aliphatic carbocycles. The molecule has 9 nitrogen and oxygen atoms in total. The lowest BCUT2D eigenvalue weighted by Crippen LogP contribution is -2.25. The summed E-state index contributed by atoms with van der Waals surface area (Å²) in [5, 5.41) is 2.75. The second-order valence-corrected chi connectivity index (χ2v) is 9.50. The number of unbranched alkanes of at least 4 members (excludes halogenated alkanes) is 2. The molecule has 0 fully saturated rings. The first-order valence-electron chi connectivity index (χ1n) is 11.3. The standard InChI is InChI=1S/C24H30N2O7S/c1-2-18-8-5-6-9-20(18)26-23(27)17-33-24(28)10-4-3-7-13-25-34(29,30)19-11-12-21-22(16-19)32-15-14-31-21/h5-6,8-9,11-12,16,25H,2-4,7,10,13-15,17H2,1H3,(H,26,27). The van der Waals surface area contributed by atoms with Crippen molar-refractivity contribution in [1.82, 2.24) is 4.72 Å². The number of aryl methyl sites for hydroxylation is 1. The predicted molar refractivity (Wildman–Crippen MR) is 126 cm³/mol. The Balaban J connectivity index is 1.30. The minimum Gasteiger partial charge on any atom is -0.486 e. The van der Waals surface area contributed by atoms with Crippen molar-refractivity contribution in [2.75, 3.05) is 31.7 Å². The Kier molecular flexibility index (Phi) is 9.29. The van der Waals surface area contributed by atoms with Gasteiger partial charge in [-0.3, -0.25) is 9.59 Å². The van der Waals surface area contributed by atoms with Crippen LogP contribution in [0.1, 0.15) is 38.2 Å². The van der Waals surface area contributed by atoms with Crippen LogP contribution in [-0.2, 0) is 30.8 Å². The molecule has 1 heterocycles. The lowest BCUT2D eigenvalue weighted by atomic mass is 10.1. The van der Waals surface area contributed by atoms with Gasteiger partial charge >= 0.3 is 5.97 Å². The maximum atomic E-state index is 12.5. The molecule has 0 saturated carbocycles. The van der Waals surface area contributed by atoms with Crippen LogP contribution in [-0.4, -0.2) is 46.7 Å². The number of fused-ring (bicyclic) bond motifs is 1. The van der Waals surface area contributed by atoms with Crippen LogP contribution in [0.5, 0.6) is 11.5 Å². The molecule has 34 heavy (non-hydrogen) atoms. The van der Waals surface area contributed by atoms with Gasteiger partial charge in [0, 0.05) is 24.7 Å². The summed E-state index contributed by atoms with van der Waals surface area (Å²) in [6.45, 7) is 2.71. The van der Waals surface area contributed by atoms with E-state index in [1.54, 1.807) is 12.1 Å². The molecule has 1 aliphatic heterocycles. The fourth-order valence-corrected chi connectivity index (χ4v) is 4.50. The smallest absolute Gasteiger partial charge is 0.306 e. The van der Waals surface area contributed by atoms with Crippen LogP contribution in [0.25, 0.3) is 0 Å². The molecule has 1 aliphatic rings. The number of esters is 1. The number of carbonyl (C=O) groups is 2. The van der Waals surface area contributed by atoms with Crippen LogP contribution >= 0.6 is 0 Å². The fraction of sp³-hybridized carbons (Fsp3) is 0.417. The fourth-order valence-electron chi connectivity index (χ4n) is 3.41. The largest absolute Gasteiger partial charge is 0.486 e. The lowest BCUT2D eigenvalue weighted by molar-refractivity contribution is -0.147. The van der Waals surface area contributed by atoms with Gasteiger partial charge in [-0.25, -0.2) is 13.1 Å². The van der Waals surface area contributed by atoms with E-state index >= 15 is 0 Å². The van der Waals surface area contributed by atoms with Gasteiger partial charge in [0.1, 0.15) is 13.2 Å². The molecule has 0 bridgehead atoms. The first kappa shape index (κ1) is 25.5. The molecule has 0 atom stereocenters. The van der Waals surface area contributed by atoms with E-state index in [1.807, 2.05) is 25.1 Å². The van der Waals surface area contributed by atoms with E-state index in [9.17, 15) is 18.0 Å². The Bertz CT molecular complexity index is 1100. The van der Waals surface area contributed by atoms with Crippen LogP contribution in [0.4, 0.5) is 5.69 Å². The average molecular weight is 491 g/mol. The molecule has 0 saturated heterocycles. The molecule has 0 unspecified atom stereocenters. The maximum absolute atomic E-state index is 12.5. The number of rotatable bonds is 12. The third-order valence-electron chi connectivity index (χ3n) is 5.21. The zero-order valence-electron chi connectivity index (χ0n) is 19.2.